The summed E-state index contributed by atoms with van der Waals surface area (Å²) >= 11 is 12.3. The summed E-state index contributed by atoms with van der Waals surface area (Å²) in [6.45, 7) is 1.94. The Morgan fingerprint density at radius 3 is 2.56 bits per heavy atom. The van der Waals surface area contributed by atoms with Gasteiger partial charge in [-0.05, 0) is 61.2 Å². The molecule has 1 N–H and O–H groups in total. The number of hydrogen-bond donors (Lipinski definition) is 1. The number of rotatable bonds is 6. The normalized spacial score (nSPS) is 17.0. The fourth-order valence-electron chi connectivity index (χ4n) is 3.35. The van der Waals surface area contributed by atoms with Crippen LogP contribution in [-0.2, 0) is 16.0 Å². The van der Waals surface area contributed by atoms with Gasteiger partial charge in [0, 0.05) is 48.0 Å². The molecule has 0 saturated carbocycles. The lowest BCUT2D eigenvalue weighted by molar-refractivity contribution is -0.116. The van der Waals surface area contributed by atoms with Crippen LogP contribution in [0.5, 0.6) is 0 Å². The van der Waals surface area contributed by atoms with Crippen LogP contribution in [0.4, 0.5) is 11.4 Å². The molecule has 0 radical (unpaired) electrons. The second kappa shape index (κ2) is 9.45. The summed E-state index contributed by atoms with van der Waals surface area (Å²) in [7, 11) is 1.77. The highest BCUT2D eigenvalue weighted by Crippen LogP contribution is 2.26. The number of nitrogens with zero attached hydrogens (tertiary/aromatic N) is 1. The molecule has 0 aromatic heterocycles. The van der Waals surface area contributed by atoms with Crippen LogP contribution >= 0.6 is 23.2 Å². The molecule has 27 heavy (non-hydrogen) atoms. The topological polar surface area (TPSA) is 41.6 Å². The van der Waals surface area contributed by atoms with Crippen LogP contribution in [0.1, 0.15) is 24.8 Å². The van der Waals surface area contributed by atoms with Gasteiger partial charge in [-0.2, -0.15) is 0 Å². The number of nitrogens with one attached hydrogen (secondary N) is 1. The quantitative estimate of drug-likeness (QED) is 0.718. The average Bonchev–Trinajstić information content (AvgIpc) is 2.68. The maximum atomic E-state index is 12.3. The Labute approximate surface area is 170 Å². The van der Waals surface area contributed by atoms with Gasteiger partial charge in [0.1, 0.15) is 0 Å². The molecule has 1 amide bonds. The third-order valence-corrected chi connectivity index (χ3v) is 5.60. The van der Waals surface area contributed by atoms with E-state index in [9.17, 15) is 4.79 Å². The summed E-state index contributed by atoms with van der Waals surface area (Å²) in [5.74, 6) is -0.0591. The summed E-state index contributed by atoms with van der Waals surface area (Å²) in [5, 5.41) is 4.12. The van der Waals surface area contributed by atoms with Gasteiger partial charge in [-0.3, -0.25) is 4.79 Å². The van der Waals surface area contributed by atoms with E-state index in [1.807, 2.05) is 24.3 Å². The van der Waals surface area contributed by atoms with Crippen molar-refractivity contribution in [2.24, 2.45) is 0 Å². The first-order valence-electron chi connectivity index (χ1n) is 9.17. The summed E-state index contributed by atoms with van der Waals surface area (Å²) in [4.78, 5) is 14.6. The van der Waals surface area contributed by atoms with E-state index in [4.69, 9.17) is 27.9 Å². The lowest BCUT2D eigenvalue weighted by Crippen LogP contribution is -2.39. The zero-order valence-electron chi connectivity index (χ0n) is 15.4. The zero-order valence-corrected chi connectivity index (χ0v) is 16.9. The molecule has 6 heteroatoms. The first-order valence-corrected chi connectivity index (χ1v) is 9.93. The third kappa shape index (κ3) is 5.38. The number of piperidine rings is 1. The molecule has 1 atom stereocenters. The van der Waals surface area contributed by atoms with Crippen molar-refractivity contribution in [2.45, 2.75) is 31.8 Å². The number of methoxy groups -OCH3 is 1. The van der Waals surface area contributed by atoms with Crippen LogP contribution in [0.15, 0.2) is 42.5 Å². The first-order chi connectivity index (χ1) is 13.1. The van der Waals surface area contributed by atoms with E-state index < -0.39 is 0 Å². The van der Waals surface area contributed by atoms with Crippen molar-refractivity contribution in [3.63, 3.8) is 0 Å². The van der Waals surface area contributed by atoms with Gasteiger partial charge in [-0.15, -0.1) is 0 Å². The molecular weight excluding hydrogens is 383 g/mol. The van der Waals surface area contributed by atoms with Crippen LogP contribution in [0.25, 0.3) is 0 Å². The van der Waals surface area contributed by atoms with Crippen molar-refractivity contribution < 1.29 is 9.53 Å². The zero-order chi connectivity index (χ0) is 19.2. The highest BCUT2D eigenvalue weighted by atomic mass is 35.5. The molecule has 144 valence electrons. The number of carbonyl (C=O) groups is 1. The van der Waals surface area contributed by atoms with Gasteiger partial charge >= 0.3 is 0 Å². The monoisotopic (exact) mass is 406 g/mol. The number of benzene rings is 2. The molecule has 2 aromatic carbocycles. The smallest absolute Gasteiger partial charge is 0.224 e. The minimum absolute atomic E-state index is 0.0591. The van der Waals surface area contributed by atoms with Gasteiger partial charge < -0.3 is 15.0 Å². The van der Waals surface area contributed by atoms with Gasteiger partial charge in [-0.1, -0.05) is 29.3 Å². The Bertz CT molecular complexity index is 760. The highest BCUT2D eigenvalue weighted by molar-refractivity contribution is 6.36. The number of carbonyl (C=O) groups excluding carboxylic acids is 1. The van der Waals surface area contributed by atoms with E-state index in [0.717, 1.165) is 42.9 Å². The Morgan fingerprint density at radius 2 is 1.89 bits per heavy atom. The van der Waals surface area contributed by atoms with Gasteiger partial charge in [0.2, 0.25) is 5.91 Å². The predicted octanol–water partition coefficient (Wildman–Crippen LogP) is 5.18. The van der Waals surface area contributed by atoms with E-state index in [0.29, 0.717) is 22.9 Å². The molecule has 3 rings (SSSR count). The lowest BCUT2D eigenvalue weighted by Gasteiger charge is -2.33. The molecule has 0 spiro atoms. The number of halogens is 2. The number of hydrogen-bond acceptors (Lipinski definition) is 3. The number of ether oxygens (including phenoxy) is 1. The average molecular weight is 407 g/mol. The summed E-state index contributed by atoms with van der Waals surface area (Å²) < 4.78 is 5.48. The molecule has 1 fully saturated rings. The molecule has 1 saturated heterocycles. The van der Waals surface area contributed by atoms with E-state index in [-0.39, 0.29) is 12.0 Å². The standard InChI is InChI=1S/C21H24Cl2N2O2/c1-27-17-4-3-13-25(14-17)16-9-7-15(8-10-16)24-21(26)12-11-18-19(22)5-2-6-20(18)23/h2,5-10,17H,3-4,11-14H2,1H3,(H,24,26). The molecule has 1 heterocycles. The van der Waals surface area contributed by atoms with Crippen LogP contribution in [-0.4, -0.2) is 32.2 Å². The molecule has 2 aromatic rings. The van der Waals surface area contributed by atoms with E-state index >= 15 is 0 Å². The fourth-order valence-corrected chi connectivity index (χ4v) is 3.94. The lowest BCUT2D eigenvalue weighted by atomic mass is 10.1. The Hall–Kier alpha value is -1.75. The number of anilines is 2. The fraction of sp³-hybridized carbons (Fsp3) is 0.381. The Kier molecular flexibility index (Phi) is 7.00. The van der Waals surface area contributed by atoms with Crippen LogP contribution < -0.4 is 10.2 Å². The molecule has 0 aliphatic carbocycles. The summed E-state index contributed by atoms with van der Waals surface area (Å²) in [6.07, 6.45) is 3.36. The summed E-state index contributed by atoms with van der Waals surface area (Å²) in [5.41, 5.74) is 2.75. The van der Waals surface area contributed by atoms with Crippen molar-refractivity contribution in [1.29, 1.82) is 0 Å². The highest BCUT2D eigenvalue weighted by Gasteiger charge is 2.19. The molecule has 1 aliphatic rings. The SMILES string of the molecule is COC1CCCN(c2ccc(NC(=O)CCc3c(Cl)cccc3Cl)cc2)C1. The minimum Gasteiger partial charge on any atom is -0.380 e. The largest absolute Gasteiger partial charge is 0.380 e. The number of amides is 1. The van der Waals surface area contributed by atoms with Crippen molar-refractivity contribution in [1.82, 2.24) is 0 Å². The second-order valence-electron chi connectivity index (χ2n) is 6.74. The first kappa shape index (κ1) is 20.0. The maximum absolute atomic E-state index is 12.3. The van der Waals surface area contributed by atoms with Crippen LogP contribution in [0.3, 0.4) is 0 Å². The van der Waals surface area contributed by atoms with Crippen LogP contribution in [0, 0.1) is 0 Å². The van der Waals surface area contributed by atoms with Crippen molar-refractivity contribution in [3.05, 3.63) is 58.1 Å². The van der Waals surface area contributed by atoms with E-state index in [1.165, 1.54) is 0 Å². The summed E-state index contributed by atoms with van der Waals surface area (Å²) in [6, 6.07) is 13.3. The molecular formula is C21H24Cl2N2O2. The molecule has 1 unspecified atom stereocenters. The van der Waals surface area contributed by atoms with E-state index in [2.05, 4.69) is 10.2 Å². The van der Waals surface area contributed by atoms with Crippen molar-refractivity contribution in [2.75, 3.05) is 30.4 Å². The third-order valence-electron chi connectivity index (χ3n) is 4.89. The van der Waals surface area contributed by atoms with E-state index in [1.54, 1.807) is 25.3 Å². The Morgan fingerprint density at radius 1 is 1.19 bits per heavy atom. The van der Waals surface area contributed by atoms with Gasteiger partial charge in [0.05, 0.1) is 6.10 Å². The van der Waals surface area contributed by atoms with Gasteiger partial charge in [0.25, 0.3) is 0 Å². The van der Waals surface area contributed by atoms with Crippen LogP contribution in [0.2, 0.25) is 10.0 Å². The van der Waals surface area contributed by atoms with Crippen molar-refractivity contribution >= 4 is 40.5 Å². The molecule has 0 bridgehead atoms. The van der Waals surface area contributed by atoms with Gasteiger partial charge in [0.15, 0.2) is 0 Å². The van der Waals surface area contributed by atoms with Crippen molar-refractivity contribution in [3.8, 4) is 0 Å². The second-order valence-corrected chi connectivity index (χ2v) is 7.56. The Balaban J connectivity index is 1.54. The minimum atomic E-state index is -0.0591. The predicted molar refractivity (Wildman–Crippen MR) is 112 cm³/mol. The van der Waals surface area contributed by atoms with Gasteiger partial charge in [-0.25, -0.2) is 0 Å². The molecule has 1 aliphatic heterocycles. The maximum Gasteiger partial charge on any atom is 0.224 e. The molecule has 4 nitrogen and oxygen atoms in total.